The van der Waals surface area contributed by atoms with E-state index in [9.17, 15) is 0 Å². The van der Waals surface area contributed by atoms with E-state index in [1.807, 2.05) is 0 Å². The zero-order valence-electron chi connectivity index (χ0n) is 14.5. The quantitative estimate of drug-likeness (QED) is 0.302. The SMILES string of the molecule is I.c1ccc([PH](c2ccccc2)(c2ccccc2)c2ccccc2)cc1. The molecule has 0 saturated carbocycles. The van der Waals surface area contributed by atoms with Gasteiger partial charge in [0, 0.05) is 0 Å². The van der Waals surface area contributed by atoms with Gasteiger partial charge in [-0.05, 0) is 0 Å². The summed E-state index contributed by atoms with van der Waals surface area (Å²) < 4.78 is 0. The zero-order valence-corrected chi connectivity index (χ0v) is 17.8. The molecule has 0 aliphatic heterocycles. The van der Waals surface area contributed by atoms with Gasteiger partial charge in [-0.2, -0.15) is 0 Å². The van der Waals surface area contributed by atoms with E-state index in [0.29, 0.717) is 0 Å². The molecule has 2 heteroatoms. The van der Waals surface area contributed by atoms with Crippen LogP contribution in [0.3, 0.4) is 0 Å². The van der Waals surface area contributed by atoms with Crippen molar-refractivity contribution in [1.82, 2.24) is 0 Å². The molecule has 0 aliphatic carbocycles. The van der Waals surface area contributed by atoms with Gasteiger partial charge in [-0.25, -0.2) is 0 Å². The molecule has 0 amide bonds. The van der Waals surface area contributed by atoms with Crippen molar-refractivity contribution in [2.24, 2.45) is 0 Å². The first-order chi connectivity index (χ1) is 12.4. The summed E-state index contributed by atoms with van der Waals surface area (Å²) in [5.41, 5.74) is 0. The molecule has 4 aromatic carbocycles. The summed E-state index contributed by atoms with van der Waals surface area (Å²) in [5, 5.41) is 5.66. The van der Waals surface area contributed by atoms with Gasteiger partial charge in [0.15, 0.2) is 0 Å². The topological polar surface area (TPSA) is 0 Å². The third kappa shape index (κ3) is 3.34. The second kappa shape index (κ2) is 8.62. The molecule has 4 rings (SSSR count). The number of benzene rings is 4. The van der Waals surface area contributed by atoms with E-state index in [0.717, 1.165) is 0 Å². The van der Waals surface area contributed by atoms with Crippen LogP contribution in [-0.4, -0.2) is 0 Å². The predicted octanol–water partition coefficient (Wildman–Crippen LogP) is 4.66. The van der Waals surface area contributed by atoms with E-state index >= 15 is 0 Å². The number of halogens is 1. The van der Waals surface area contributed by atoms with Crippen LogP contribution in [0.25, 0.3) is 0 Å². The van der Waals surface area contributed by atoms with Crippen molar-refractivity contribution in [2.75, 3.05) is 0 Å². The van der Waals surface area contributed by atoms with Gasteiger partial charge in [-0.3, -0.25) is 0 Å². The molecule has 0 radical (unpaired) electrons. The van der Waals surface area contributed by atoms with Crippen LogP contribution in [0.1, 0.15) is 0 Å². The number of hydrogen-bond donors (Lipinski definition) is 0. The van der Waals surface area contributed by atoms with Crippen molar-refractivity contribution in [2.45, 2.75) is 0 Å². The first-order valence-electron chi connectivity index (χ1n) is 8.64. The van der Waals surface area contributed by atoms with E-state index in [1.54, 1.807) is 0 Å². The van der Waals surface area contributed by atoms with Crippen LogP contribution in [0.2, 0.25) is 0 Å². The minimum atomic E-state index is -2.30. The molecule has 0 heterocycles. The average Bonchev–Trinajstić information content (AvgIpc) is 2.72. The van der Waals surface area contributed by atoms with Crippen LogP contribution >= 0.6 is 31.2 Å². The molecule has 0 atom stereocenters. The van der Waals surface area contributed by atoms with E-state index < -0.39 is 7.26 Å². The fraction of sp³-hybridized carbons (Fsp3) is 0. The second-order valence-electron chi connectivity index (χ2n) is 6.21. The van der Waals surface area contributed by atoms with Crippen LogP contribution in [-0.2, 0) is 0 Å². The Morgan fingerprint density at radius 1 is 0.308 bits per heavy atom. The van der Waals surface area contributed by atoms with Gasteiger partial charge >= 0.3 is 150 Å². The molecule has 0 bridgehead atoms. The molecule has 0 N–H and O–H groups in total. The standard InChI is InChI=1S/C24H21P.HI/c1-5-13-21(14-6-1)25(22-15-7-2-8-16-22,23-17-9-3-10-18-23)24-19-11-4-12-20-24;/h1-20,25H;1H. The van der Waals surface area contributed by atoms with Gasteiger partial charge in [0.1, 0.15) is 0 Å². The minimum absolute atomic E-state index is 0. The molecule has 26 heavy (non-hydrogen) atoms. The molecule has 0 saturated heterocycles. The van der Waals surface area contributed by atoms with Crippen LogP contribution in [0, 0.1) is 0 Å². The molecule has 0 aromatic heterocycles. The number of rotatable bonds is 4. The van der Waals surface area contributed by atoms with Crippen LogP contribution < -0.4 is 21.2 Å². The van der Waals surface area contributed by atoms with Crippen molar-refractivity contribution in [3.63, 3.8) is 0 Å². The molecular weight excluding hydrogens is 446 g/mol. The summed E-state index contributed by atoms with van der Waals surface area (Å²) in [6, 6.07) is 44.0. The summed E-state index contributed by atoms with van der Waals surface area (Å²) in [5.74, 6) is 0. The van der Waals surface area contributed by atoms with Gasteiger partial charge in [0.05, 0.1) is 0 Å². The number of hydrogen-bond acceptors (Lipinski definition) is 0. The Morgan fingerprint density at radius 3 is 0.692 bits per heavy atom. The Kier molecular flexibility index (Phi) is 6.24. The molecule has 0 nitrogen and oxygen atoms in total. The van der Waals surface area contributed by atoms with Crippen LogP contribution in [0.5, 0.6) is 0 Å². The summed E-state index contributed by atoms with van der Waals surface area (Å²) in [6.45, 7) is 0. The summed E-state index contributed by atoms with van der Waals surface area (Å²) in [4.78, 5) is 0. The normalized spacial score (nSPS) is 11.4. The second-order valence-corrected chi connectivity index (χ2v) is 10.0. The van der Waals surface area contributed by atoms with E-state index in [2.05, 4.69) is 121 Å². The maximum absolute atomic E-state index is 2.30. The third-order valence-corrected chi connectivity index (χ3v) is 9.62. The first kappa shape index (κ1) is 18.8. The van der Waals surface area contributed by atoms with Gasteiger partial charge in [0.25, 0.3) is 0 Å². The van der Waals surface area contributed by atoms with Crippen molar-refractivity contribution in [1.29, 1.82) is 0 Å². The van der Waals surface area contributed by atoms with E-state index in [1.165, 1.54) is 21.2 Å². The predicted molar refractivity (Wildman–Crippen MR) is 128 cm³/mol. The molecule has 0 spiro atoms. The zero-order chi connectivity index (χ0) is 17.0. The summed E-state index contributed by atoms with van der Waals surface area (Å²) >= 11 is 0. The van der Waals surface area contributed by atoms with Crippen LogP contribution in [0.4, 0.5) is 0 Å². The van der Waals surface area contributed by atoms with Crippen molar-refractivity contribution in [3.05, 3.63) is 121 Å². The fourth-order valence-electron chi connectivity index (χ4n) is 3.75. The Morgan fingerprint density at radius 2 is 0.500 bits per heavy atom. The average molecular weight is 468 g/mol. The Hall–Kier alpha value is -1.96. The van der Waals surface area contributed by atoms with Crippen molar-refractivity contribution >= 4 is 52.5 Å². The fourth-order valence-corrected chi connectivity index (χ4v) is 8.52. The Labute approximate surface area is 173 Å². The van der Waals surface area contributed by atoms with E-state index in [-0.39, 0.29) is 24.0 Å². The Balaban J connectivity index is 0.00000196. The summed E-state index contributed by atoms with van der Waals surface area (Å²) in [7, 11) is -2.30. The molecule has 130 valence electrons. The maximum atomic E-state index is 2.29. The summed E-state index contributed by atoms with van der Waals surface area (Å²) in [6.07, 6.45) is 0. The molecule has 0 fully saturated rings. The third-order valence-electron chi connectivity index (χ3n) is 4.83. The first-order valence-corrected chi connectivity index (χ1v) is 10.6. The molecule has 0 aliphatic rings. The monoisotopic (exact) mass is 468 g/mol. The van der Waals surface area contributed by atoms with Gasteiger partial charge in [-0.15, -0.1) is 24.0 Å². The van der Waals surface area contributed by atoms with Crippen molar-refractivity contribution in [3.8, 4) is 0 Å². The van der Waals surface area contributed by atoms with Crippen molar-refractivity contribution < 1.29 is 0 Å². The van der Waals surface area contributed by atoms with Gasteiger partial charge in [0.2, 0.25) is 0 Å². The van der Waals surface area contributed by atoms with Crippen LogP contribution in [0.15, 0.2) is 121 Å². The van der Waals surface area contributed by atoms with Gasteiger partial charge < -0.3 is 0 Å². The Bertz CT molecular complexity index is 759. The molecular formula is C24H22IP. The molecule has 0 unspecified atom stereocenters. The van der Waals surface area contributed by atoms with E-state index in [4.69, 9.17) is 0 Å². The molecule has 4 aromatic rings. The van der Waals surface area contributed by atoms with Gasteiger partial charge in [-0.1, -0.05) is 0 Å².